The zero-order valence-corrected chi connectivity index (χ0v) is 72.9. The first-order valence-electron chi connectivity index (χ1n) is 43.7. The minimum atomic E-state index is -1.49. The summed E-state index contributed by atoms with van der Waals surface area (Å²) in [6.45, 7) is 23.5. The van der Waals surface area contributed by atoms with E-state index in [1.165, 1.54) is 98.0 Å². The number of aromatic nitrogens is 2. The van der Waals surface area contributed by atoms with Crippen LogP contribution in [0.3, 0.4) is 0 Å². The molecule has 6 aromatic heterocycles. The summed E-state index contributed by atoms with van der Waals surface area (Å²) < 4.78 is 33.3. The van der Waals surface area contributed by atoms with Gasteiger partial charge in [0.1, 0.15) is 44.7 Å². The smallest absolute Gasteiger partial charge is 0.143 e. The summed E-state index contributed by atoms with van der Waals surface area (Å²) in [6.07, 6.45) is 0. The summed E-state index contributed by atoms with van der Waals surface area (Å²) in [6, 6.07) is 122. The predicted octanol–water partition coefficient (Wildman–Crippen LogP) is 33.0. The van der Waals surface area contributed by atoms with Crippen molar-refractivity contribution in [1.29, 1.82) is 0 Å². The third-order valence-corrected chi connectivity index (χ3v) is 31.5. The summed E-state index contributed by atoms with van der Waals surface area (Å²) in [4.78, 5) is 0. The Morgan fingerprint density at radius 1 is 0.210 bits per heavy atom. The van der Waals surface area contributed by atoms with Crippen molar-refractivity contribution in [3.63, 3.8) is 0 Å². The van der Waals surface area contributed by atoms with Gasteiger partial charge in [0.2, 0.25) is 0 Å². The second kappa shape index (κ2) is 26.6. The van der Waals surface area contributed by atoms with Gasteiger partial charge in [0.15, 0.2) is 0 Å². The average molecular weight is 1630 g/mol. The molecule has 124 heavy (non-hydrogen) atoms. The predicted molar refractivity (Wildman–Crippen MR) is 534 cm³/mol. The van der Waals surface area contributed by atoms with Crippen LogP contribution in [0.2, 0.25) is 39.3 Å². The van der Waals surface area contributed by atoms with Gasteiger partial charge >= 0.3 is 0 Å². The molecule has 20 aromatic carbocycles. The van der Waals surface area contributed by atoms with Crippen molar-refractivity contribution in [2.45, 2.75) is 78.8 Å². The minimum absolute atomic E-state index is 0.413. The Hall–Kier alpha value is -14.3. The van der Waals surface area contributed by atoms with E-state index in [1.54, 1.807) is 0 Å². The van der Waals surface area contributed by atoms with Crippen molar-refractivity contribution in [3.05, 3.63) is 339 Å². The van der Waals surface area contributed by atoms with Gasteiger partial charge in [-0.2, -0.15) is 0 Å². The molecule has 0 saturated heterocycles. The molecule has 592 valence electrons. The number of para-hydroxylation sites is 4. The molecule has 0 aliphatic rings. The van der Waals surface area contributed by atoms with Crippen LogP contribution in [-0.2, 0) is 0 Å². The summed E-state index contributed by atoms with van der Waals surface area (Å²) in [5.74, 6) is 0.825. The highest BCUT2D eigenvalue weighted by atomic mass is 28.3. The Balaban J connectivity index is 0.000000139. The Labute approximate surface area is 717 Å². The molecule has 26 rings (SSSR count). The first-order chi connectivity index (χ1) is 60.4. The maximum Gasteiger partial charge on any atom is 0.143 e. The quantitative estimate of drug-likeness (QED) is 0.101. The zero-order chi connectivity index (χ0) is 83.2. The lowest BCUT2D eigenvalue weighted by Gasteiger charge is -2.21. The summed E-state index contributed by atoms with van der Waals surface area (Å²) in [5.41, 5.74) is 26.2. The van der Waals surface area contributed by atoms with Crippen molar-refractivity contribution < 1.29 is 17.7 Å². The molecular formula is C116H86N2O4Si2. The van der Waals surface area contributed by atoms with E-state index < -0.39 is 16.1 Å². The molecule has 0 atom stereocenters. The van der Waals surface area contributed by atoms with Crippen LogP contribution in [0.4, 0.5) is 0 Å². The number of fused-ring (bicyclic) bond motifs is 22. The second-order valence-electron chi connectivity index (χ2n) is 37.3. The fourth-order valence-corrected chi connectivity index (χ4v) is 23.3. The molecule has 8 heteroatoms. The highest BCUT2D eigenvalue weighted by Crippen LogP contribution is 2.55. The van der Waals surface area contributed by atoms with Crippen LogP contribution in [0.5, 0.6) is 0 Å². The van der Waals surface area contributed by atoms with Crippen LogP contribution in [0.25, 0.3) is 252 Å². The molecule has 0 aliphatic heterocycles. The molecule has 0 saturated carbocycles. The van der Waals surface area contributed by atoms with Crippen LogP contribution in [0.15, 0.2) is 345 Å². The number of benzene rings is 20. The van der Waals surface area contributed by atoms with Crippen LogP contribution in [0, 0.1) is 0 Å². The molecule has 26 aromatic rings. The van der Waals surface area contributed by atoms with Crippen LogP contribution >= 0.6 is 0 Å². The lowest BCUT2D eigenvalue weighted by atomic mass is 9.84. The molecule has 6 heterocycles. The van der Waals surface area contributed by atoms with Crippen molar-refractivity contribution in [1.82, 2.24) is 9.13 Å². The monoisotopic (exact) mass is 1630 g/mol. The van der Waals surface area contributed by atoms with Gasteiger partial charge in [-0.05, 0) is 187 Å². The fraction of sp³-hybridized carbons (Fsp3) is 0.103. The molecule has 0 radical (unpaired) electrons. The lowest BCUT2D eigenvalue weighted by Crippen LogP contribution is -2.37. The molecule has 0 bridgehead atoms. The molecule has 6 nitrogen and oxygen atoms in total. The van der Waals surface area contributed by atoms with Crippen molar-refractivity contribution in [2.75, 3.05) is 0 Å². The molecule has 0 aliphatic carbocycles. The number of furan rings is 4. The summed E-state index contributed by atoms with van der Waals surface area (Å²) in [7, 11) is -2.98. The fourth-order valence-electron chi connectivity index (χ4n) is 21.0. The van der Waals surface area contributed by atoms with Gasteiger partial charge in [-0.25, -0.2) is 0 Å². The molecule has 0 spiro atoms. The molecule has 0 N–H and O–H groups in total. The average Bonchev–Trinajstić information content (AvgIpc) is 1.44. The Morgan fingerprint density at radius 3 is 0.871 bits per heavy atom. The normalized spacial score (nSPS) is 12.7. The van der Waals surface area contributed by atoms with E-state index in [2.05, 4.69) is 404 Å². The largest absolute Gasteiger partial charge is 0.455 e. The third-order valence-electron chi connectivity index (χ3n) is 27.3. The number of rotatable bonds is 10. The highest BCUT2D eigenvalue weighted by Gasteiger charge is 2.31. The van der Waals surface area contributed by atoms with Crippen LogP contribution in [0.1, 0.15) is 50.7 Å². The number of nitrogens with zero attached hydrogens (tertiary/aromatic N) is 2. The van der Waals surface area contributed by atoms with Crippen molar-refractivity contribution in [2.24, 2.45) is 0 Å². The van der Waals surface area contributed by atoms with Gasteiger partial charge in [-0.15, -0.1) is 0 Å². The van der Waals surface area contributed by atoms with Gasteiger partial charge in [0, 0.05) is 118 Å². The van der Waals surface area contributed by atoms with E-state index >= 15 is 0 Å². The minimum Gasteiger partial charge on any atom is -0.455 e. The maximum atomic E-state index is 7.17. The summed E-state index contributed by atoms with van der Waals surface area (Å²) in [5, 5.41) is 30.8. The van der Waals surface area contributed by atoms with E-state index in [0.29, 0.717) is 11.8 Å². The maximum absolute atomic E-state index is 7.17. The second-order valence-corrected chi connectivity index (χ2v) is 47.5. The standard InChI is InChI=1S/C64H36N2O2.C52H50O2Si2/c1-3-15-37(16-4-1)39-27-29-59-45(31-39)47-33-49-57(65-53-23-11-7-19-41(53)42-20-8-12-24-54(42)65)36-52-62-50(34-48-46-32-40(38-17-5-2-6-18-38)28-30-60(46)68-64(48)52)58(35-51(61(49)62)63(47)67-59)66-55-25-13-9-21-43(55)44-22-10-14-26-56(44)66;1-29(2)33-15-21-37-43-27-41-40(32-13-19-36(20-14-32)56(8,9)10)26-46-50-42(28-44-38-22-16-34(30(3)4)24-48(38)54-52(44)46)39(31-11-17-35(18-12-31)55(5,6)7)25-45(49(41)50)51(43)53-47(37)23-33/h1-36H;11-30H,1-10H3. The Morgan fingerprint density at radius 2 is 0.516 bits per heavy atom. The highest BCUT2D eigenvalue weighted by molar-refractivity contribution is 6.89. The van der Waals surface area contributed by atoms with E-state index in [-0.39, 0.29) is 0 Å². The number of hydrogen-bond donors (Lipinski definition) is 0. The topological polar surface area (TPSA) is 62.4 Å². The van der Waals surface area contributed by atoms with Gasteiger partial charge in [-0.3, -0.25) is 0 Å². The molecule has 0 unspecified atom stereocenters. The zero-order valence-electron chi connectivity index (χ0n) is 70.9. The molecule has 0 amide bonds. The van der Waals surface area contributed by atoms with Crippen molar-refractivity contribution >= 4 is 223 Å². The Bertz CT molecular complexity index is 8360. The van der Waals surface area contributed by atoms with Crippen molar-refractivity contribution in [3.8, 4) is 55.9 Å². The lowest BCUT2D eigenvalue weighted by molar-refractivity contribution is 0.670. The van der Waals surface area contributed by atoms with Crippen LogP contribution in [-0.4, -0.2) is 25.3 Å². The molecule has 0 fully saturated rings. The van der Waals surface area contributed by atoms with E-state index in [0.717, 1.165) is 175 Å². The van der Waals surface area contributed by atoms with Gasteiger partial charge in [-0.1, -0.05) is 296 Å². The first kappa shape index (κ1) is 72.5. The number of hydrogen-bond acceptors (Lipinski definition) is 4. The van der Waals surface area contributed by atoms with Gasteiger partial charge < -0.3 is 26.8 Å². The van der Waals surface area contributed by atoms with E-state index in [4.69, 9.17) is 17.7 Å². The SMILES string of the molecule is CC(C)c1ccc2c(c1)oc1c2cc2c(-c3ccc([Si](C)(C)C)cc3)cc3c4oc5cc(C(C)C)ccc5c4cc4c(-c5ccc([Si](C)(C)C)cc5)cc1c2c43.c1ccc(-c2ccc3oc4c(cc5c(-n6c7ccccc7c7ccccc76)cc6c7oc8ccc(-c9ccccc9)cc8c7cc7c(-n8c9ccccc9c9ccccc98)cc4c5c76)c3c2)cc1. The van der Waals surface area contributed by atoms with Gasteiger partial charge in [0.25, 0.3) is 0 Å². The molecular weight excluding hydrogens is 1540 g/mol. The van der Waals surface area contributed by atoms with Crippen LogP contribution < -0.4 is 10.4 Å². The van der Waals surface area contributed by atoms with E-state index in [1.807, 2.05) is 0 Å². The van der Waals surface area contributed by atoms with E-state index in [9.17, 15) is 0 Å². The first-order valence-corrected chi connectivity index (χ1v) is 50.7. The summed E-state index contributed by atoms with van der Waals surface area (Å²) >= 11 is 0. The third kappa shape index (κ3) is 10.8. The van der Waals surface area contributed by atoms with Gasteiger partial charge in [0.05, 0.1) is 49.6 Å². The Kier molecular flexibility index (Phi) is 15.6.